The maximum Gasteiger partial charge on any atom is 0.271 e. The van der Waals surface area contributed by atoms with Crippen molar-refractivity contribution in [2.24, 2.45) is 5.10 Å². The molecule has 0 bridgehead atoms. The van der Waals surface area contributed by atoms with Gasteiger partial charge >= 0.3 is 0 Å². The van der Waals surface area contributed by atoms with E-state index in [0.29, 0.717) is 20.8 Å². The standard InChI is InChI=1S/C14H11BrIN3O3/c1-8(20)18-10-4-2-9(3-5-10)14(21)19-17-7-11-6-12(15)13(16)22-11/h2-7H,1H3,(H,18,20)(H,19,21)/b17-7-. The van der Waals surface area contributed by atoms with Crippen molar-refractivity contribution in [3.05, 3.63) is 49.9 Å². The van der Waals surface area contributed by atoms with E-state index < -0.39 is 0 Å². The highest BCUT2D eigenvalue weighted by Gasteiger charge is 2.06. The van der Waals surface area contributed by atoms with Gasteiger partial charge in [-0.25, -0.2) is 5.43 Å². The van der Waals surface area contributed by atoms with Crippen molar-refractivity contribution < 1.29 is 14.0 Å². The Kier molecular flexibility index (Phi) is 5.72. The summed E-state index contributed by atoms with van der Waals surface area (Å²) >= 11 is 5.36. The lowest BCUT2D eigenvalue weighted by atomic mass is 10.2. The van der Waals surface area contributed by atoms with Crippen molar-refractivity contribution in [3.8, 4) is 0 Å². The van der Waals surface area contributed by atoms with E-state index >= 15 is 0 Å². The van der Waals surface area contributed by atoms with Gasteiger partial charge in [-0.2, -0.15) is 5.10 Å². The second kappa shape index (κ2) is 7.54. The first-order valence-corrected chi connectivity index (χ1v) is 7.99. The van der Waals surface area contributed by atoms with E-state index in [1.807, 2.05) is 22.6 Å². The molecule has 2 amide bonds. The van der Waals surface area contributed by atoms with Crippen LogP contribution < -0.4 is 10.7 Å². The Morgan fingerprint density at radius 2 is 2.00 bits per heavy atom. The van der Waals surface area contributed by atoms with Gasteiger partial charge in [-0.15, -0.1) is 0 Å². The molecule has 8 heteroatoms. The molecule has 0 aliphatic carbocycles. The summed E-state index contributed by atoms with van der Waals surface area (Å²) in [7, 11) is 0. The number of anilines is 1. The van der Waals surface area contributed by atoms with Crippen LogP contribution in [-0.4, -0.2) is 18.0 Å². The topological polar surface area (TPSA) is 83.7 Å². The molecule has 1 heterocycles. The smallest absolute Gasteiger partial charge is 0.271 e. The Morgan fingerprint density at radius 3 is 2.55 bits per heavy atom. The quantitative estimate of drug-likeness (QED) is 0.404. The molecule has 6 nitrogen and oxygen atoms in total. The third kappa shape index (κ3) is 4.67. The number of amides is 2. The Balaban J connectivity index is 1.95. The highest BCUT2D eigenvalue weighted by molar-refractivity contribution is 14.1. The summed E-state index contributed by atoms with van der Waals surface area (Å²) in [5.41, 5.74) is 3.46. The van der Waals surface area contributed by atoms with Gasteiger partial charge in [0.15, 0.2) is 3.77 Å². The van der Waals surface area contributed by atoms with Crippen molar-refractivity contribution in [3.63, 3.8) is 0 Å². The van der Waals surface area contributed by atoms with Crippen molar-refractivity contribution in [2.75, 3.05) is 5.32 Å². The average molecular weight is 476 g/mol. The molecule has 0 radical (unpaired) electrons. The number of rotatable bonds is 4. The first-order valence-electron chi connectivity index (χ1n) is 6.11. The molecule has 0 unspecified atom stereocenters. The fourth-order valence-electron chi connectivity index (χ4n) is 1.55. The van der Waals surface area contributed by atoms with Crippen LogP contribution in [0.25, 0.3) is 0 Å². The minimum Gasteiger partial charge on any atom is -0.448 e. The highest BCUT2D eigenvalue weighted by atomic mass is 127. The number of nitrogens with one attached hydrogen (secondary N) is 2. The summed E-state index contributed by atoms with van der Waals surface area (Å²) in [5.74, 6) is 0.00423. The van der Waals surface area contributed by atoms with Gasteiger partial charge in [-0.3, -0.25) is 9.59 Å². The normalized spacial score (nSPS) is 10.7. The summed E-state index contributed by atoms with van der Waals surface area (Å²) in [6, 6.07) is 8.24. The maximum atomic E-state index is 11.9. The van der Waals surface area contributed by atoms with Crippen LogP contribution in [0.4, 0.5) is 5.69 Å². The monoisotopic (exact) mass is 475 g/mol. The fourth-order valence-corrected chi connectivity index (χ4v) is 2.27. The molecule has 0 saturated carbocycles. The van der Waals surface area contributed by atoms with Gasteiger partial charge in [0, 0.05) is 46.8 Å². The van der Waals surface area contributed by atoms with Crippen molar-refractivity contribution in [1.82, 2.24) is 5.43 Å². The first kappa shape index (κ1) is 16.7. The average Bonchev–Trinajstić information content (AvgIpc) is 2.77. The van der Waals surface area contributed by atoms with Gasteiger partial charge in [-0.1, -0.05) is 0 Å². The van der Waals surface area contributed by atoms with Gasteiger partial charge in [-0.05, 0) is 40.2 Å². The van der Waals surface area contributed by atoms with E-state index in [0.717, 1.165) is 4.47 Å². The number of hydrazone groups is 1. The fraction of sp³-hybridized carbons (Fsp3) is 0.0714. The molecular formula is C14H11BrIN3O3. The molecular weight excluding hydrogens is 465 g/mol. The number of furan rings is 1. The second-order valence-corrected chi connectivity index (χ2v) is 6.06. The largest absolute Gasteiger partial charge is 0.448 e. The highest BCUT2D eigenvalue weighted by Crippen LogP contribution is 2.21. The van der Waals surface area contributed by atoms with Crippen molar-refractivity contribution in [1.29, 1.82) is 0 Å². The molecule has 0 atom stereocenters. The number of carbonyl (C=O) groups is 2. The lowest BCUT2D eigenvalue weighted by Gasteiger charge is -2.03. The summed E-state index contributed by atoms with van der Waals surface area (Å²) in [5, 5.41) is 6.46. The minimum atomic E-state index is -0.356. The molecule has 2 N–H and O–H groups in total. The molecule has 0 aliphatic rings. The predicted molar refractivity (Wildman–Crippen MR) is 94.9 cm³/mol. The van der Waals surface area contributed by atoms with Crippen molar-refractivity contribution in [2.45, 2.75) is 6.92 Å². The zero-order valence-corrected chi connectivity index (χ0v) is 15.1. The molecule has 22 heavy (non-hydrogen) atoms. The van der Waals surface area contributed by atoms with Crippen LogP contribution in [0.15, 0.2) is 44.3 Å². The Bertz CT molecular complexity index is 706. The van der Waals surface area contributed by atoms with Crippen LogP contribution in [0.2, 0.25) is 0 Å². The van der Waals surface area contributed by atoms with Gasteiger partial charge in [0.1, 0.15) is 5.76 Å². The number of hydrogen-bond donors (Lipinski definition) is 2. The first-order chi connectivity index (χ1) is 10.5. The van der Waals surface area contributed by atoms with Crippen LogP contribution >= 0.6 is 38.5 Å². The summed E-state index contributed by atoms with van der Waals surface area (Å²) in [6.45, 7) is 1.42. The van der Waals surface area contributed by atoms with Crippen LogP contribution in [0.5, 0.6) is 0 Å². The van der Waals surface area contributed by atoms with Crippen molar-refractivity contribution >= 4 is 62.2 Å². The van der Waals surface area contributed by atoms with Gasteiger partial charge in [0.05, 0.1) is 10.7 Å². The molecule has 0 spiro atoms. The van der Waals surface area contributed by atoms with Gasteiger partial charge < -0.3 is 9.73 Å². The molecule has 114 valence electrons. The van der Waals surface area contributed by atoms with Gasteiger partial charge in [0.2, 0.25) is 5.91 Å². The molecule has 0 saturated heterocycles. The number of benzene rings is 1. The van der Waals surface area contributed by atoms with E-state index in [-0.39, 0.29) is 11.8 Å². The maximum absolute atomic E-state index is 11.9. The number of nitrogens with zero attached hydrogens (tertiary/aromatic N) is 1. The zero-order chi connectivity index (χ0) is 16.1. The summed E-state index contributed by atoms with van der Waals surface area (Å²) in [4.78, 5) is 22.8. The molecule has 0 aliphatic heterocycles. The summed E-state index contributed by atoms with van der Waals surface area (Å²) < 4.78 is 6.89. The van der Waals surface area contributed by atoms with E-state index in [9.17, 15) is 9.59 Å². The predicted octanol–water partition coefficient (Wildman–Crippen LogP) is 3.37. The van der Waals surface area contributed by atoms with Gasteiger partial charge in [0.25, 0.3) is 5.91 Å². The van der Waals surface area contributed by atoms with Crippen LogP contribution in [0.3, 0.4) is 0 Å². The lowest BCUT2D eigenvalue weighted by Crippen LogP contribution is -2.17. The Morgan fingerprint density at radius 1 is 1.32 bits per heavy atom. The van der Waals surface area contributed by atoms with Crippen LogP contribution in [0, 0.1) is 3.77 Å². The Labute approximate surface area is 148 Å². The lowest BCUT2D eigenvalue weighted by molar-refractivity contribution is -0.114. The zero-order valence-electron chi connectivity index (χ0n) is 11.4. The number of hydrogen-bond acceptors (Lipinski definition) is 4. The molecule has 1 aromatic carbocycles. The number of halogens is 2. The molecule has 2 aromatic rings. The van der Waals surface area contributed by atoms with E-state index in [1.165, 1.54) is 13.1 Å². The minimum absolute atomic E-state index is 0.166. The SMILES string of the molecule is CC(=O)Nc1ccc(C(=O)N/N=C\c2cc(Br)c(I)o2)cc1. The van der Waals surface area contributed by atoms with E-state index in [1.54, 1.807) is 30.3 Å². The molecule has 0 fully saturated rings. The third-order valence-electron chi connectivity index (χ3n) is 2.49. The molecule has 1 aromatic heterocycles. The molecule has 2 rings (SSSR count). The van der Waals surface area contributed by atoms with E-state index in [4.69, 9.17) is 4.42 Å². The summed E-state index contributed by atoms with van der Waals surface area (Å²) in [6.07, 6.45) is 1.41. The second-order valence-electron chi connectivity index (χ2n) is 4.23. The Hall–Kier alpha value is -1.68. The third-order valence-corrected chi connectivity index (χ3v) is 4.62. The van der Waals surface area contributed by atoms with E-state index in [2.05, 4.69) is 31.8 Å². The number of carbonyl (C=O) groups excluding carboxylic acids is 2. The van der Waals surface area contributed by atoms with Crippen LogP contribution in [0.1, 0.15) is 23.0 Å². The van der Waals surface area contributed by atoms with Crippen LogP contribution in [-0.2, 0) is 4.79 Å².